The summed E-state index contributed by atoms with van der Waals surface area (Å²) in [6.07, 6.45) is 5.70. The molecule has 0 spiro atoms. The number of aliphatic hydroxyl groups is 1. The summed E-state index contributed by atoms with van der Waals surface area (Å²) in [5, 5.41) is 9.14. The minimum atomic E-state index is -0.511. The first-order chi connectivity index (χ1) is 12.5. The van der Waals surface area contributed by atoms with Gasteiger partial charge >= 0.3 is 5.69 Å². The molecule has 0 fully saturated rings. The lowest BCUT2D eigenvalue weighted by molar-refractivity contribution is 0.279. The molecule has 7 nitrogen and oxygen atoms in total. The standard InChI is InChI=1S/C19H20N4O3/c1-4-9-23-18(25)15-17(22(19(23)26)10-6-11-24)20-16(21(15)3)14-8-5-7-13(2)12-14/h1,5,7-8,12,24H,6,9-11H2,2-3H3. The van der Waals surface area contributed by atoms with Crippen molar-refractivity contribution in [2.45, 2.75) is 26.4 Å². The maximum atomic E-state index is 12.8. The number of aryl methyl sites for hydroxylation is 3. The van der Waals surface area contributed by atoms with Crippen molar-refractivity contribution < 1.29 is 5.11 Å². The normalized spacial score (nSPS) is 11.0. The largest absolute Gasteiger partial charge is 0.396 e. The first-order valence-corrected chi connectivity index (χ1v) is 8.31. The van der Waals surface area contributed by atoms with E-state index in [-0.39, 0.29) is 19.7 Å². The van der Waals surface area contributed by atoms with Gasteiger partial charge in [0.05, 0.1) is 6.54 Å². The maximum absolute atomic E-state index is 12.8. The third-order valence-electron chi connectivity index (χ3n) is 4.31. The summed E-state index contributed by atoms with van der Waals surface area (Å²) in [4.78, 5) is 30.1. The molecular formula is C19H20N4O3. The lowest BCUT2D eigenvalue weighted by atomic mass is 10.1. The highest BCUT2D eigenvalue weighted by Crippen LogP contribution is 2.22. The molecule has 3 aromatic rings. The van der Waals surface area contributed by atoms with E-state index in [1.165, 1.54) is 4.57 Å². The average molecular weight is 352 g/mol. The van der Waals surface area contributed by atoms with Crippen molar-refractivity contribution in [2.75, 3.05) is 6.61 Å². The van der Waals surface area contributed by atoms with Gasteiger partial charge in [-0.1, -0.05) is 29.7 Å². The summed E-state index contributed by atoms with van der Waals surface area (Å²) >= 11 is 0. The number of aromatic nitrogens is 4. The molecular weight excluding hydrogens is 332 g/mol. The predicted molar refractivity (Wildman–Crippen MR) is 99.9 cm³/mol. The quantitative estimate of drug-likeness (QED) is 0.692. The lowest BCUT2D eigenvalue weighted by Crippen LogP contribution is -2.40. The topological polar surface area (TPSA) is 82.1 Å². The molecule has 0 saturated carbocycles. The van der Waals surface area contributed by atoms with Crippen molar-refractivity contribution in [3.05, 3.63) is 50.7 Å². The molecule has 0 amide bonds. The van der Waals surface area contributed by atoms with Crippen LogP contribution in [0.5, 0.6) is 0 Å². The number of fused-ring (bicyclic) bond motifs is 1. The zero-order chi connectivity index (χ0) is 18.8. The minimum Gasteiger partial charge on any atom is -0.396 e. The Balaban J connectivity index is 2.38. The molecule has 0 aliphatic heterocycles. The number of aliphatic hydroxyl groups excluding tert-OH is 1. The highest BCUT2D eigenvalue weighted by Gasteiger charge is 2.20. The Labute approximate surface area is 150 Å². The highest BCUT2D eigenvalue weighted by molar-refractivity contribution is 5.77. The number of nitrogens with zero attached hydrogens (tertiary/aromatic N) is 4. The van der Waals surface area contributed by atoms with E-state index in [2.05, 4.69) is 10.9 Å². The number of terminal acetylenes is 1. The zero-order valence-electron chi connectivity index (χ0n) is 14.8. The zero-order valence-corrected chi connectivity index (χ0v) is 14.8. The molecule has 3 rings (SSSR count). The van der Waals surface area contributed by atoms with Crippen LogP contribution in [0.2, 0.25) is 0 Å². The van der Waals surface area contributed by atoms with Crippen LogP contribution in [-0.2, 0) is 20.1 Å². The van der Waals surface area contributed by atoms with Crippen LogP contribution < -0.4 is 11.2 Å². The summed E-state index contributed by atoms with van der Waals surface area (Å²) in [7, 11) is 1.75. The molecule has 0 saturated heterocycles. The first kappa shape index (κ1) is 17.7. The SMILES string of the molecule is C#CCn1c(=O)c2c(nc(-c3cccc(C)c3)n2C)n(CCCO)c1=O. The van der Waals surface area contributed by atoms with Crippen LogP contribution >= 0.6 is 0 Å². The number of benzene rings is 1. The second-order valence-corrected chi connectivity index (χ2v) is 6.14. The molecule has 0 unspecified atom stereocenters. The molecule has 134 valence electrons. The molecule has 1 aromatic carbocycles. The van der Waals surface area contributed by atoms with Gasteiger partial charge in [0, 0.05) is 25.8 Å². The summed E-state index contributed by atoms with van der Waals surface area (Å²) in [5.74, 6) is 2.94. The Bertz CT molecular complexity index is 1130. The Morgan fingerprint density at radius 2 is 2.04 bits per heavy atom. The van der Waals surface area contributed by atoms with Crippen LogP contribution in [0.15, 0.2) is 33.9 Å². The van der Waals surface area contributed by atoms with Crippen LogP contribution in [0.3, 0.4) is 0 Å². The smallest absolute Gasteiger partial charge is 0.333 e. The molecule has 2 aromatic heterocycles. The van der Waals surface area contributed by atoms with Gasteiger partial charge in [-0.25, -0.2) is 14.3 Å². The maximum Gasteiger partial charge on any atom is 0.333 e. The van der Waals surface area contributed by atoms with Gasteiger partial charge in [-0.05, 0) is 19.4 Å². The average Bonchev–Trinajstić information content (AvgIpc) is 2.96. The van der Waals surface area contributed by atoms with Gasteiger partial charge in [0.15, 0.2) is 11.2 Å². The first-order valence-electron chi connectivity index (χ1n) is 8.31. The van der Waals surface area contributed by atoms with Gasteiger partial charge < -0.3 is 9.67 Å². The fourth-order valence-electron chi connectivity index (χ4n) is 3.07. The van der Waals surface area contributed by atoms with Crippen LogP contribution in [-0.4, -0.2) is 30.4 Å². The van der Waals surface area contributed by atoms with Crippen molar-refractivity contribution in [3.8, 4) is 23.7 Å². The van der Waals surface area contributed by atoms with E-state index in [0.29, 0.717) is 23.4 Å². The van der Waals surface area contributed by atoms with Gasteiger partial charge in [0.2, 0.25) is 0 Å². The van der Waals surface area contributed by atoms with E-state index in [1.807, 2.05) is 31.2 Å². The van der Waals surface area contributed by atoms with Gasteiger partial charge in [-0.15, -0.1) is 6.42 Å². The van der Waals surface area contributed by atoms with Gasteiger partial charge in [0.25, 0.3) is 5.56 Å². The van der Waals surface area contributed by atoms with Crippen LogP contribution in [0.1, 0.15) is 12.0 Å². The molecule has 0 radical (unpaired) electrons. The number of hydrogen-bond acceptors (Lipinski definition) is 4. The van der Waals surface area contributed by atoms with Crippen LogP contribution in [0.4, 0.5) is 0 Å². The molecule has 2 heterocycles. The van der Waals surface area contributed by atoms with E-state index >= 15 is 0 Å². The van der Waals surface area contributed by atoms with Crippen LogP contribution in [0, 0.1) is 19.3 Å². The molecule has 0 aliphatic rings. The summed E-state index contributed by atoms with van der Waals surface area (Å²) < 4.78 is 4.12. The van der Waals surface area contributed by atoms with Crippen molar-refractivity contribution in [1.82, 2.24) is 18.7 Å². The van der Waals surface area contributed by atoms with E-state index in [0.717, 1.165) is 15.7 Å². The van der Waals surface area contributed by atoms with Gasteiger partial charge in [-0.3, -0.25) is 9.36 Å². The Hall–Kier alpha value is -3.11. The molecule has 0 atom stereocenters. The number of rotatable bonds is 5. The Morgan fingerprint density at radius 1 is 1.27 bits per heavy atom. The monoisotopic (exact) mass is 352 g/mol. The third kappa shape index (κ3) is 2.85. The molecule has 7 heteroatoms. The molecule has 1 N–H and O–H groups in total. The molecule has 0 bridgehead atoms. The lowest BCUT2D eigenvalue weighted by Gasteiger charge is -2.09. The minimum absolute atomic E-state index is 0.0697. The van der Waals surface area contributed by atoms with Crippen molar-refractivity contribution in [1.29, 1.82) is 0 Å². The molecule has 0 aliphatic carbocycles. The van der Waals surface area contributed by atoms with Crippen molar-refractivity contribution in [2.24, 2.45) is 7.05 Å². The summed E-state index contributed by atoms with van der Waals surface area (Å²) in [6.45, 7) is 2.04. The number of imidazole rings is 1. The molecule has 26 heavy (non-hydrogen) atoms. The number of hydrogen-bond donors (Lipinski definition) is 1. The van der Waals surface area contributed by atoms with Gasteiger partial charge in [0.1, 0.15) is 5.82 Å². The van der Waals surface area contributed by atoms with Gasteiger partial charge in [-0.2, -0.15) is 0 Å². The fraction of sp³-hybridized carbons (Fsp3) is 0.316. The van der Waals surface area contributed by atoms with E-state index in [4.69, 9.17) is 11.5 Å². The second kappa shape index (κ2) is 7.02. The summed E-state index contributed by atoms with van der Waals surface area (Å²) in [6, 6.07) is 7.77. The predicted octanol–water partition coefficient (Wildman–Crippen LogP) is 0.888. The van der Waals surface area contributed by atoms with Crippen molar-refractivity contribution in [3.63, 3.8) is 0 Å². The Morgan fingerprint density at radius 3 is 2.69 bits per heavy atom. The third-order valence-corrected chi connectivity index (χ3v) is 4.31. The van der Waals surface area contributed by atoms with E-state index in [9.17, 15) is 9.59 Å². The fourth-order valence-corrected chi connectivity index (χ4v) is 3.07. The highest BCUT2D eigenvalue weighted by atomic mass is 16.3. The van der Waals surface area contributed by atoms with Crippen molar-refractivity contribution >= 4 is 11.2 Å². The Kier molecular flexibility index (Phi) is 4.78. The van der Waals surface area contributed by atoms with E-state index in [1.54, 1.807) is 11.6 Å². The second-order valence-electron chi connectivity index (χ2n) is 6.14. The van der Waals surface area contributed by atoms with Crippen LogP contribution in [0.25, 0.3) is 22.6 Å². The summed E-state index contributed by atoms with van der Waals surface area (Å²) in [5.41, 5.74) is 1.57. The van der Waals surface area contributed by atoms with E-state index < -0.39 is 11.2 Å².